The number of anilines is 1. The van der Waals surface area contributed by atoms with Crippen LogP contribution in [0.15, 0.2) is 24.3 Å². The summed E-state index contributed by atoms with van der Waals surface area (Å²) in [5.41, 5.74) is 5.91. The van der Waals surface area contributed by atoms with E-state index in [1.807, 2.05) is 20.8 Å². The highest BCUT2D eigenvalue weighted by Crippen LogP contribution is 2.13. The molecule has 0 saturated carbocycles. The van der Waals surface area contributed by atoms with Gasteiger partial charge in [0.25, 0.3) is 5.91 Å². The first-order valence-electron chi connectivity index (χ1n) is 6.82. The predicted octanol–water partition coefficient (Wildman–Crippen LogP) is 1.07. The minimum absolute atomic E-state index is 0.0976. The maximum atomic E-state index is 11.6. The number of benzene rings is 1. The molecule has 0 bridgehead atoms. The van der Waals surface area contributed by atoms with E-state index in [1.165, 1.54) is 0 Å². The van der Waals surface area contributed by atoms with Gasteiger partial charge in [0.15, 0.2) is 6.61 Å². The lowest BCUT2D eigenvalue weighted by molar-refractivity contribution is -0.124. The number of hydrogen-bond donors (Lipinski definition) is 3. The normalized spacial score (nSPS) is 10.8. The number of amides is 2. The lowest BCUT2D eigenvalue weighted by Crippen LogP contribution is -2.42. The second-order valence-corrected chi connectivity index (χ2v) is 5.76. The van der Waals surface area contributed by atoms with Crippen LogP contribution in [-0.2, 0) is 9.59 Å². The van der Waals surface area contributed by atoms with Crippen LogP contribution in [0.1, 0.15) is 27.2 Å². The first kappa shape index (κ1) is 16.8. The molecule has 1 aromatic carbocycles. The molecule has 21 heavy (non-hydrogen) atoms. The predicted molar refractivity (Wildman–Crippen MR) is 81.9 cm³/mol. The van der Waals surface area contributed by atoms with Crippen LogP contribution in [0.4, 0.5) is 5.69 Å². The molecule has 6 nitrogen and oxygen atoms in total. The van der Waals surface area contributed by atoms with E-state index >= 15 is 0 Å². The highest BCUT2D eigenvalue weighted by atomic mass is 16.5. The Labute approximate surface area is 125 Å². The van der Waals surface area contributed by atoms with Gasteiger partial charge in [-0.2, -0.15) is 0 Å². The third-order valence-electron chi connectivity index (χ3n) is 2.42. The molecule has 0 aliphatic carbocycles. The third kappa shape index (κ3) is 7.81. The number of hydrogen-bond acceptors (Lipinski definition) is 4. The molecule has 6 heteroatoms. The van der Waals surface area contributed by atoms with Crippen LogP contribution in [0.5, 0.6) is 5.75 Å². The number of nitrogens with one attached hydrogen (secondary N) is 2. The van der Waals surface area contributed by atoms with Crippen LogP contribution in [0.25, 0.3) is 0 Å². The van der Waals surface area contributed by atoms with Gasteiger partial charge in [0.05, 0.1) is 0 Å². The summed E-state index contributed by atoms with van der Waals surface area (Å²) in [6, 6.07) is 6.85. The van der Waals surface area contributed by atoms with E-state index in [9.17, 15) is 9.59 Å². The molecule has 0 aliphatic heterocycles. The lowest BCUT2D eigenvalue weighted by Gasteiger charge is -2.20. The second kappa shape index (κ2) is 7.52. The van der Waals surface area contributed by atoms with Gasteiger partial charge in [-0.3, -0.25) is 9.59 Å². The Bertz CT molecular complexity index is 495. The number of carbonyl (C=O) groups is 2. The van der Waals surface area contributed by atoms with Crippen LogP contribution in [-0.4, -0.2) is 30.5 Å². The lowest BCUT2D eigenvalue weighted by atomic mass is 10.1. The van der Waals surface area contributed by atoms with E-state index in [4.69, 9.17) is 10.5 Å². The molecule has 1 aromatic rings. The number of carbonyl (C=O) groups excluding carboxylic acids is 2. The van der Waals surface area contributed by atoms with Gasteiger partial charge < -0.3 is 21.1 Å². The molecule has 116 valence electrons. The van der Waals surface area contributed by atoms with E-state index in [2.05, 4.69) is 10.6 Å². The Kier molecular flexibility index (Phi) is 6.02. The number of ether oxygens (including phenoxy) is 1. The van der Waals surface area contributed by atoms with Crippen molar-refractivity contribution in [1.29, 1.82) is 0 Å². The van der Waals surface area contributed by atoms with Crippen molar-refractivity contribution in [3.8, 4) is 5.75 Å². The first-order valence-corrected chi connectivity index (χ1v) is 6.82. The van der Waals surface area contributed by atoms with E-state index in [-0.39, 0.29) is 36.9 Å². The molecule has 1 rings (SSSR count). The van der Waals surface area contributed by atoms with Crippen LogP contribution in [0.2, 0.25) is 0 Å². The average molecular weight is 293 g/mol. The van der Waals surface area contributed by atoms with Crippen molar-refractivity contribution >= 4 is 17.5 Å². The minimum Gasteiger partial charge on any atom is -0.484 e. The molecule has 0 atom stereocenters. The van der Waals surface area contributed by atoms with Crippen LogP contribution < -0.4 is 21.1 Å². The molecule has 0 fully saturated rings. The quantitative estimate of drug-likeness (QED) is 0.684. The van der Waals surface area contributed by atoms with Crippen molar-refractivity contribution in [2.45, 2.75) is 32.7 Å². The summed E-state index contributed by atoms with van der Waals surface area (Å²) in [7, 11) is 0. The van der Waals surface area contributed by atoms with Crippen molar-refractivity contribution in [1.82, 2.24) is 10.6 Å². The molecule has 0 heterocycles. The number of rotatable bonds is 6. The van der Waals surface area contributed by atoms with Gasteiger partial charge in [-0.25, -0.2) is 0 Å². The fourth-order valence-corrected chi connectivity index (χ4v) is 1.60. The average Bonchev–Trinajstić information content (AvgIpc) is 2.34. The number of nitrogens with two attached hydrogens (primary N) is 1. The minimum atomic E-state index is -0.277. The Balaban J connectivity index is 2.21. The molecular formula is C15H23N3O3. The zero-order valence-corrected chi connectivity index (χ0v) is 12.7. The van der Waals surface area contributed by atoms with Gasteiger partial charge in [0.1, 0.15) is 5.75 Å². The van der Waals surface area contributed by atoms with Gasteiger partial charge in [-0.05, 0) is 32.9 Å². The Hall–Kier alpha value is -2.24. The van der Waals surface area contributed by atoms with E-state index < -0.39 is 0 Å². The van der Waals surface area contributed by atoms with Crippen molar-refractivity contribution < 1.29 is 14.3 Å². The maximum Gasteiger partial charge on any atom is 0.257 e. The standard InChI is InChI=1S/C15H23N3O3/c1-15(2,3)18-13(19)7-8-17-14(20)10-21-12-6-4-5-11(16)9-12/h4-6,9H,7-8,10,16H2,1-3H3,(H,17,20)(H,18,19). The third-order valence-corrected chi connectivity index (χ3v) is 2.42. The van der Waals surface area contributed by atoms with Crippen LogP contribution in [0.3, 0.4) is 0 Å². The van der Waals surface area contributed by atoms with Crippen molar-refractivity contribution in [3.05, 3.63) is 24.3 Å². The summed E-state index contributed by atoms with van der Waals surface area (Å²) in [4.78, 5) is 23.1. The molecular weight excluding hydrogens is 270 g/mol. The van der Waals surface area contributed by atoms with E-state index in [0.29, 0.717) is 11.4 Å². The maximum absolute atomic E-state index is 11.6. The van der Waals surface area contributed by atoms with E-state index in [0.717, 1.165) is 0 Å². The molecule has 0 aliphatic rings. The zero-order valence-electron chi connectivity index (χ0n) is 12.7. The molecule has 0 radical (unpaired) electrons. The SMILES string of the molecule is CC(C)(C)NC(=O)CCNC(=O)COc1cccc(N)c1. The van der Waals surface area contributed by atoms with E-state index in [1.54, 1.807) is 24.3 Å². The van der Waals surface area contributed by atoms with Gasteiger partial charge in [-0.15, -0.1) is 0 Å². The smallest absolute Gasteiger partial charge is 0.257 e. The molecule has 0 aromatic heterocycles. The van der Waals surface area contributed by atoms with Gasteiger partial charge in [0, 0.05) is 30.3 Å². The topological polar surface area (TPSA) is 93.5 Å². The highest BCUT2D eigenvalue weighted by molar-refractivity contribution is 5.80. The van der Waals surface area contributed by atoms with Gasteiger partial charge in [-0.1, -0.05) is 6.07 Å². The summed E-state index contributed by atoms with van der Waals surface area (Å²) in [5.74, 6) is 0.163. The van der Waals surface area contributed by atoms with Crippen LogP contribution >= 0.6 is 0 Å². The van der Waals surface area contributed by atoms with Crippen molar-refractivity contribution in [2.75, 3.05) is 18.9 Å². The summed E-state index contributed by atoms with van der Waals surface area (Å²) < 4.78 is 5.29. The Morgan fingerprint density at radius 2 is 1.95 bits per heavy atom. The summed E-state index contributed by atoms with van der Waals surface area (Å²) in [5, 5.41) is 5.45. The largest absolute Gasteiger partial charge is 0.484 e. The Morgan fingerprint density at radius 3 is 2.57 bits per heavy atom. The molecule has 4 N–H and O–H groups in total. The molecule has 0 spiro atoms. The number of nitrogen functional groups attached to an aromatic ring is 1. The highest BCUT2D eigenvalue weighted by Gasteiger charge is 2.13. The fourth-order valence-electron chi connectivity index (χ4n) is 1.60. The zero-order chi connectivity index (χ0) is 15.9. The fraction of sp³-hybridized carbons (Fsp3) is 0.467. The summed E-state index contributed by atoms with van der Waals surface area (Å²) >= 11 is 0. The molecule has 0 saturated heterocycles. The monoisotopic (exact) mass is 293 g/mol. The summed E-state index contributed by atoms with van der Waals surface area (Å²) in [6.45, 7) is 5.89. The van der Waals surface area contributed by atoms with Crippen molar-refractivity contribution in [3.63, 3.8) is 0 Å². The Morgan fingerprint density at radius 1 is 1.24 bits per heavy atom. The first-order chi connectivity index (χ1) is 9.76. The summed E-state index contributed by atoms with van der Waals surface area (Å²) in [6.07, 6.45) is 0.237. The van der Waals surface area contributed by atoms with Gasteiger partial charge >= 0.3 is 0 Å². The van der Waals surface area contributed by atoms with Gasteiger partial charge in [0.2, 0.25) is 5.91 Å². The second-order valence-electron chi connectivity index (χ2n) is 5.76. The van der Waals surface area contributed by atoms with Crippen LogP contribution in [0, 0.1) is 0 Å². The van der Waals surface area contributed by atoms with Crippen molar-refractivity contribution in [2.24, 2.45) is 0 Å². The molecule has 0 unspecified atom stereocenters. The molecule has 2 amide bonds.